The van der Waals surface area contributed by atoms with Gasteiger partial charge in [0.05, 0.1) is 12.1 Å². The molecule has 0 spiro atoms. The van der Waals surface area contributed by atoms with Crippen LogP contribution in [0.25, 0.3) is 0 Å². The van der Waals surface area contributed by atoms with Crippen LogP contribution in [-0.4, -0.2) is 0 Å². The van der Waals surface area contributed by atoms with Gasteiger partial charge in [-0.2, -0.15) is 5.26 Å². The highest BCUT2D eigenvalue weighted by Crippen LogP contribution is 2.13. The van der Waals surface area contributed by atoms with Gasteiger partial charge in [-0.15, -0.1) is 5.73 Å². The average molecular weight is 177 g/mol. The van der Waals surface area contributed by atoms with Gasteiger partial charge in [0.2, 0.25) is 0 Å². The standard InChI is InChI=1S/C12H19N/c1-3-5-8-12(9-6-4-2)10-7-11-13/h7H,3-6,8-9H2,1-2H3. The molecule has 0 aromatic rings. The minimum atomic E-state index is 1.11. The van der Waals surface area contributed by atoms with Gasteiger partial charge in [0.25, 0.3) is 0 Å². The molecule has 0 aromatic carbocycles. The third kappa shape index (κ3) is 7.37. The maximum Gasteiger partial charge on any atom is 0.0996 e. The van der Waals surface area contributed by atoms with Gasteiger partial charge < -0.3 is 0 Å². The Balaban J connectivity index is 4.04. The third-order valence-electron chi connectivity index (χ3n) is 2.01. The quantitative estimate of drug-likeness (QED) is 0.445. The molecule has 0 saturated carbocycles. The molecular weight excluding hydrogens is 158 g/mol. The van der Waals surface area contributed by atoms with Crippen LogP contribution in [0.15, 0.2) is 17.4 Å². The van der Waals surface area contributed by atoms with E-state index in [1.54, 1.807) is 0 Å². The van der Waals surface area contributed by atoms with Crippen LogP contribution in [0.4, 0.5) is 0 Å². The number of nitriles is 1. The van der Waals surface area contributed by atoms with Crippen molar-refractivity contribution in [2.45, 2.75) is 52.4 Å². The van der Waals surface area contributed by atoms with Crippen molar-refractivity contribution in [1.82, 2.24) is 0 Å². The highest BCUT2D eigenvalue weighted by Gasteiger charge is 1.94. The molecule has 0 aliphatic heterocycles. The minimum Gasteiger partial charge on any atom is -0.192 e. The van der Waals surface area contributed by atoms with Crippen LogP contribution < -0.4 is 0 Å². The van der Waals surface area contributed by atoms with Crippen LogP contribution in [0, 0.1) is 11.3 Å². The minimum absolute atomic E-state index is 1.11. The van der Waals surface area contributed by atoms with Gasteiger partial charge in [0.1, 0.15) is 0 Å². The van der Waals surface area contributed by atoms with Crippen molar-refractivity contribution < 1.29 is 0 Å². The Morgan fingerprint density at radius 1 is 1.15 bits per heavy atom. The van der Waals surface area contributed by atoms with Gasteiger partial charge in [-0.1, -0.05) is 26.7 Å². The first-order valence-corrected chi connectivity index (χ1v) is 5.17. The molecule has 0 fully saturated rings. The van der Waals surface area contributed by atoms with Gasteiger partial charge in [-0.3, -0.25) is 0 Å². The van der Waals surface area contributed by atoms with E-state index < -0.39 is 0 Å². The molecule has 72 valence electrons. The summed E-state index contributed by atoms with van der Waals surface area (Å²) in [4.78, 5) is 0. The molecule has 0 heterocycles. The number of hydrogen-bond donors (Lipinski definition) is 0. The average Bonchev–Trinajstić information content (AvgIpc) is 2.17. The van der Waals surface area contributed by atoms with E-state index in [9.17, 15) is 0 Å². The highest BCUT2D eigenvalue weighted by atomic mass is 14.2. The molecule has 0 atom stereocenters. The monoisotopic (exact) mass is 177 g/mol. The first kappa shape index (κ1) is 12.0. The lowest BCUT2D eigenvalue weighted by atomic mass is 10.0. The van der Waals surface area contributed by atoms with Crippen LogP contribution in [0.3, 0.4) is 0 Å². The molecule has 1 nitrogen and oxygen atoms in total. The van der Waals surface area contributed by atoms with Crippen LogP contribution in [-0.2, 0) is 0 Å². The molecule has 0 rings (SSSR count). The Hall–Kier alpha value is -0.990. The van der Waals surface area contributed by atoms with E-state index in [4.69, 9.17) is 5.26 Å². The summed E-state index contributed by atoms with van der Waals surface area (Å²) in [5.41, 5.74) is 4.38. The second-order valence-corrected chi connectivity index (χ2v) is 3.23. The Labute approximate surface area is 81.8 Å². The summed E-state index contributed by atoms with van der Waals surface area (Å²) in [5.74, 6) is 0. The summed E-state index contributed by atoms with van der Waals surface area (Å²) in [6.07, 6.45) is 8.54. The van der Waals surface area contributed by atoms with Crippen molar-refractivity contribution in [2.75, 3.05) is 0 Å². The van der Waals surface area contributed by atoms with Gasteiger partial charge in [-0.25, -0.2) is 0 Å². The lowest BCUT2D eigenvalue weighted by molar-refractivity contribution is 0.714. The summed E-state index contributed by atoms with van der Waals surface area (Å²) in [6, 6.07) is 1.99. The SMILES string of the molecule is CCCCC(=C=CC#N)CCCC. The van der Waals surface area contributed by atoms with Gasteiger partial charge >= 0.3 is 0 Å². The van der Waals surface area contributed by atoms with Gasteiger partial charge in [0, 0.05) is 0 Å². The van der Waals surface area contributed by atoms with Crippen LogP contribution in [0.5, 0.6) is 0 Å². The largest absolute Gasteiger partial charge is 0.192 e. The first-order valence-electron chi connectivity index (χ1n) is 5.17. The summed E-state index contributed by atoms with van der Waals surface area (Å²) >= 11 is 0. The van der Waals surface area contributed by atoms with Gasteiger partial charge in [-0.05, 0) is 31.3 Å². The fourth-order valence-electron chi connectivity index (χ4n) is 1.18. The molecule has 0 aliphatic carbocycles. The molecule has 0 amide bonds. The fraction of sp³-hybridized carbons (Fsp3) is 0.667. The third-order valence-corrected chi connectivity index (χ3v) is 2.01. The molecule has 0 N–H and O–H groups in total. The van der Waals surface area contributed by atoms with E-state index in [2.05, 4.69) is 19.6 Å². The molecule has 0 aromatic heterocycles. The zero-order valence-electron chi connectivity index (χ0n) is 8.77. The van der Waals surface area contributed by atoms with Crippen molar-refractivity contribution in [3.8, 4) is 6.07 Å². The Bertz CT molecular complexity index is 204. The Morgan fingerprint density at radius 2 is 1.69 bits per heavy atom. The normalized spacial score (nSPS) is 8.69. The van der Waals surface area contributed by atoms with Crippen LogP contribution >= 0.6 is 0 Å². The second kappa shape index (κ2) is 9.10. The van der Waals surface area contributed by atoms with Crippen molar-refractivity contribution in [1.29, 1.82) is 5.26 Å². The van der Waals surface area contributed by atoms with Crippen molar-refractivity contribution in [3.63, 3.8) is 0 Å². The maximum absolute atomic E-state index is 8.38. The van der Waals surface area contributed by atoms with Crippen LogP contribution in [0.1, 0.15) is 52.4 Å². The maximum atomic E-state index is 8.38. The predicted molar refractivity (Wildman–Crippen MR) is 56.3 cm³/mol. The first-order chi connectivity index (χ1) is 6.35. The summed E-state index contributed by atoms with van der Waals surface area (Å²) in [7, 11) is 0. The molecule has 0 bridgehead atoms. The van der Waals surface area contributed by atoms with E-state index >= 15 is 0 Å². The number of rotatable bonds is 6. The van der Waals surface area contributed by atoms with Crippen LogP contribution in [0.2, 0.25) is 0 Å². The molecule has 0 unspecified atom stereocenters. The van der Waals surface area contributed by atoms with Gasteiger partial charge in [0.15, 0.2) is 0 Å². The zero-order chi connectivity index (χ0) is 9.94. The van der Waals surface area contributed by atoms with Crippen molar-refractivity contribution in [2.24, 2.45) is 0 Å². The van der Waals surface area contributed by atoms with E-state index in [0.29, 0.717) is 0 Å². The van der Waals surface area contributed by atoms with E-state index in [0.717, 1.165) is 12.8 Å². The molecule has 13 heavy (non-hydrogen) atoms. The molecule has 0 radical (unpaired) electrons. The fourth-order valence-corrected chi connectivity index (χ4v) is 1.18. The Morgan fingerprint density at radius 3 is 2.08 bits per heavy atom. The zero-order valence-corrected chi connectivity index (χ0v) is 8.77. The summed E-state index contributed by atoms with van der Waals surface area (Å²) < 4.78 is 0. The predicted octanol–water partition coefficient (Wildman–Crippen LogP) is 3.97. The highest BCUT2D eigenvalue weighted by molar-refractivity contribution is 5.09. The molecule has 0 saturated heterocycles. The molecule has 1 heteroatoms. The number of allylic oxidation sites excluding steroid dienone is 1. The van der Waals surface area contributed by atoms with E-state index in [1.165, 1.54) is 37.3 Å². The molecule has 0 aliphatic rings. The topological polar surface area (TPSA) is 23.8 Å². The van der Waals surface area contributed by atoms with E-state index in [-0.39, 0.29) is 0 Å². The summed E-state index contributed by atoms with van der Waals surface area (Å²) in [5, 5.41) is 8.38. The number of hydrogen-bond acceptors (Lipinski definition) is 1. The van der Waals surface area contributed by atoms with Crippen molar-refractivity contribution >= 4 is 0 Å². The van der Waals surface area contributed by atoms with Crippen molar-refractivity contribution in [3.05, 3.63) is 17.4 Å². The van der Waals surface area contributed by atoms with E-state index in [1.807, 2.05) is 6.07 Å². The Kier molecular flexibility index (Phi) is 8.41. The lowest BCUT2D eigenvalue weighted by Gasteiger charge is -2.01. The summed E-state index contributed by atoms with van der Waals surface area (Å²) in [6.45, 7) is 4.37. The molecular formula is C12H19N. The number of nitrogens with zero attached hydrogens (tertiary/aromatic N) is 1. The smallest absolute Gasteiger partial charge is 0.0996 e. The number of unbranched alkanes of at least 4 members (excludes halogenated alkanes) is 2. The lowest BCUT2D eigenvalue weighted by Crippen LogP contribution is -1.83. The second-order valence-electron chi connectivity index (χ2n) is 3.23.